The van der Waals surface area contributed by atoms with Crippen molar-refractivity contribution in [1.82, 2.24) is 0 Å². The Hall–Kier alpha value is -1.61. The minimum atomic E-state index is -0.356. The molecule has 0 saturated heterocycles. The molecule has 0 spiro atoms. The minimum Gasteiger partial charge on any atom is -0.466 e. The van der Waals surface area contributed by atoms with E-state index >= 15 is 0 Å². The molecule has 0 fully saturated rings. The Morgan fingerprint density at radius 3 is 3.06 bits per heavy atom. The summed E-state index contributed by atoms with van der Waals surface area (Å²) in [6, 6.07) is 8.05. The number of esters is 1. The fourth-order valence-corrected chi connectivity index (χ4v) is 2.32. The Labute approximate surface area is 101 Å². The zero-order valence-corrected chi connectivity index (χ0v) is 9.80. The maximum Gasteiger partial charge on any atom is 0.330 e. The summed E-state index contributed by atoms with van der Waals surface area (Å²) >= 11 is 0. The Balaban J connectivity index is 2.07. The third-order valence-corrected chi connectivity index (χ3v) is 3.19. The summed E-state index contributed by atoms with van der Waals surface area (Å²) in [5.41, 5.74) is 2.39. The van der Waals surface area contributed by atoms with E-state index in [0.29, 0.717) is 12.8 Å². The third kappa shape index (κ3) is 2.56. The molecule has 0 heterocycles. The summed E-state index contributed by atoms with van der Waals surface area (Å²) in [5, 5.41) is 9.98. The zero-order valence-electron chi connectivity index (χ0n) is 9.80. The first kappa shape index (κ1) is 11.9. The van der Waals surface area contributed by atoms with E-state index < -0.39 is 0 Å². The molecule has 0 aromatic heterocycles. The third-order valence-electron chi connectivity index (χ3n) is 3.19. The van der Waals surface area contributed by atoms with Crippen LogP contribution in [0.4, 0.5) is 0 Å². The van der Waals surface area contributed by atoms with E-state index in [1.807, 2.05) is 24.3 Å². The molecule has 1 aromatic carbocycles. The molecule has 1 aromatic rings. The number of methoxy groups -OCH3 is 1. The van der Waals surface area contributed by atoms with Crippen LogP contribution in [0.15, 0.2) is 36.4 Å². The molecule has 2 atom stereocenters. The first-order valence-corrected chi connectivity index (χ1v) is 5.72. The number of carbonyl (C=O) groups is 1. The quantitative estimate of drug-likeness (QED) is 0.638. The molecule has 0 radical (unpaired) electrons. The molecule has 3 nitrogen and oxygen atoms in total. The van der Waals surface area contributed by atoms with Crippen molar-refractivity contribution in [1.29, 1.82) is 0 Å². The van der Waals surface area contributed by atoms with Crippen LogP contribution < -0.4 is 0 Å². The Kier molecular flexibility index (Phi) is 3.59. The highest BCUT2D eigenvalue weighted by atomic mass is 16.5. The van der Waals surface area contributed by atoms with Crippen LogP contribution in [0, 0.1) is 0 Å². The average molecular weight is 232 g/mol. The lowest BCUT2D eigenvalue weighted by atomic mass is 9.96. The Morgan fingerprint density at radius 2 is 2.29 bits per heavy atom. The van der Waals surface area contributed by atoms with Gasteiger partial charge in [0, 0.05) is 12.0 Å². The van der Waals surface area contributed by atoms with Crippen molar-refractivity contribution in [3.63, 3.8) is 0 Å². The van der Waals surface area contributed by atoms with Crippen LogP contribution in [0.3, 0.4) is 0 Å². The average Bonchev–Trinajstić information content (AvgIpc) is 2.66. The van der Waals surface area contributed by atoms with E-state index in [1.54, 1.807) is 6.08 Å². The number of carbonyl (C=O) groups excluding carboxylic acids is 1. The van der Waals surface area contributed by atoms with E-state index in [1.165, 1.54) is 24.3 Å². The van der Waals surface area contributed by atoms with Crippen LogP contribution in [-0.2, 0) is 16.0 Å². The van der Waals surface area contributed by atoms with Gasteiger partial charge in [0.15, 0.2) is 0 Å². The van der Waals surface area contributed by atoms with Crippen molar-refractivity contribution in [2.75, 3.05) is 7.11 Å². The number of ether oxygens (including phenoxy) is 1. The monoisotopic (exact) mass is 232 g/mol. The molecule has 0 aliphatic heterocycles. The van der Waals surface area contributed by atoms with Crippen molar-refractivity contribution >= 4 is 5.97 Å². The summed E-state index contributed by atoms with van der Waals surface area (Å²) in [6.45, 7) is 0. The first-order valence-electron chi connectivity index (χ1n) is 5.72. The SMILES string of the molecule is COC(=O)/C=C/CC1c2ccccc2CC1O. The fourth-order valence-electron chi connectivity index (χ4n) is 2.32. The lowest BCUT2D eigenvalue weighted by Crippen LogP contribution is -2.12. The predicted molar refractivity (Wildman–Crippen MR) is 64.7 cm³/mol. The van der Waals surface area contributed by atoms with Gasteiger partial charge in [0.25, 0.3) is 0 Å². The standard InChI is InChI=1S/C14H16O3/c1-17-14(16)8-4-7-12-11-6-3-2-5-10(11)9-13(12)15/h2-6,8,12-13,15H,7,9H2,1H3/b8-4+. The topological polar surface area (TPSA) is 46.5 Å². The Bertz CT molecular complexity index is 437. The molecule has 0 bridgehead atoms. The summed E-state index contributed by atoms with van der Waals surface area (Å²) in [6.07, 6.45) is 4.19. The number of hydrogen-bond acceptors (Lipinski definition) is 3. The molecule has 2 unspecified atom stereocenters. The predicted octanol–water partition coefficient (Wildman–Crippen LogP) is 1.81. The number of rotatable bonds is 3. The molecule has 1 aliphatic rings. The molecule has 90 valence electrons. The van der Waals surface area contributed by atoms with Crippen molar-refractivity contribution in [2.45, 2.75) is 24.9 Å². The summed E-state index contributed by atoms with van der Waals surface area (Å²) in [5.74, 6) is -0.266. The number of benzene rings is 1. The van der Waals surface area contributed by atoms with Crippen molar-refractivity contribution in [2.24, 2.45) is 0 Å². The second-order valence-corrected chi connectivity index (χ2v) is 4.24. The molecule has 3 heteroatoms. The van der Waals surface area contributed by atoms with E-state index in [-0.39, 0.29) is 18.0 Å². The van der Waals surface area contributed by atoms with Crippen LogP contribution in [0.1, 0.15) is 23.5 Å². The highest BCUT2D eigenvalue weighted by Crippen LogP contribution is 2.35. The normalized spacial score (nSPS) is 22.7. The maximum atomic E-state index is 10.9. The van der Waals surface area contributed by atoms with Gasteiger partial charge in [-0.25, -0.2) is 4.79 Å². The van der Waals surface area contributed by atoms with Gasteiger partial charge in [-0.1, -0.05) is 30.3 Å². The summed E-state index contributed by atoms with van der Waals surface area (Å²) in [4.78, 5) is 10.9. The van der Waals surface area contributed by atoms with Crippen LogP contribution in [0.2, 0.25) is 0 Å². The van der Waals surface area contributed by atoms with Crippen LogP contribution >= 0.6 is 0 Å². The van der Waals surface area contributed by atoms with E-state index in [9.17, 15) is 9.90 Å². The van der Waals surface area contributed by atoms with E-state index in [2.05, 4.69) is 4.74 Å². The van der Waals surface area contributed by atoms with Crippen LogP contribution in [-0.4, -0.2) is 24.3 Å². The molecule has 0 amide bonds. The second kappa shape index (κ2) is 5.15. The van der Waals surface area contributed by atoms with Gasteiger partial charge in [0.05, 0.1) is 13.2 Å². The largest absolute Gasteiger partial charge is 0.466 e. The van der Waals surface area contributed by atoms with Gasteiger partial charge < -0.3 is 9.84 Å². The molecular weight excluding hydrogens is 216 g/mol. The van der Waals surface area contributed by atoms with Crippen LogP contribution in [0.5, 0.6) is 0 Å². The van der Waals surface area contributed by atoms with Gasteiger partial charge in [-0.2, -0.15) is 0 Å². The fraction of sp³-hybridized carbons (Fsp3) is 0.357. The summed E-state index contributed by atoms with van der Waals surface area (Å²) < 4.78 is 4.52. The van der Waals surface area contributed by atoms with Gasteiger partial charge in [0.2, 0.25) is 0 Å². The smallest absolute Gasteiger partial charge is 0.330 e. The molecule has 0 saturated carbocycles. The van der Waals surface area contributed by atoms with Crippen LogP contribution in [0.25, 0.3) is 0 Å². The highest BCUT2D eigenvalue weighted by Gasteiger charge is 2.29. The van der Waals surface area contributed by atoms with Gasteiger partial charge in [-0.05, 0) is 24.0 Å². The number of fused-ring (bicyclic) bond motifs is 1. The zero-order chi connectivity index (χ0) is 12.3. The van der Waals surface area contributed by atoms with E-state index in [0.717, 1.165) is 0 Å². The first-order chi connectivity index (χ1) is 8.22. The second-order valence-electron chi connectivity index (χ2n) is 4.24. The van der Waals surface area contributed by atoms with E-state index in [4.69, 9.17) is 0 Å². The number of aliphatic hydroxyl groups excluding tert-OH is 1. The van der Waals surface area contributed by atoms with Gasteiger partial charge in [-0.3, -0.25) is 0 Å². The highest BCUT2D eigenvalue weighted by molar-refractivity contribution is 5.81. The van der Waals surface area contributed by atoms with Gasteiger partial charge in [0.1, 0.15) is 0 Å². The molecule has 17 heavy (non-hydrogen) atoms. The van der Waals surface area contributed by atoms with Gasteiger partial charge >= 0.3 is 5.97 Å². The maximum absolute atomic E-state index is 10.9. The van der Waals surface area contributed by atoms with Gasteiger partial charge in [-0.15, -0.1) is 0 Å². The number of hydrogen-bond donors (Lipinski definition) is 1. The Morgan fingerprint density at radius 1 is 1.53 bits per heavy atom. The minimum absolute atomic E-state index is 0.0899. The molecule has 1 N–H and O–H groups in total. The van der Waals surface area contributed by atoms with Crippen molar-refractivity contribution in [3.05, 3.63) is 47.5 Å². The van der Waals surface area contributed by atoms with Crippen molar-refractivity contribution in [3.8, 4) is 0 Å². The van der Waals surface area contributed by atoms with Crippen molar-refractivity contribution < 1.29 is 14.6 Å². The lowest BCUT2D eigenvalue weighted by molar-refractivity contribution is -0.134. The molecule has 2 rings (SSSR count). The summed E-state index contributed by atoms with van der Waals surface area (Å²) in [7, 11) is 1.35. The molecule has 1 aliphatic carbocycles. The number of aliphatic hydroxyl groups is 1. The number of allylic oxidation sites excluding steroid dienone is 1. The lowest BCUT2D eigenvalue weighted by Gasteiger charge is -2.13. The molecular formula is C14H16O3.